The molecule has 7 aliphatic rings. The Morgan fingerprint density at radius 1 is 0.754 bits per heavy atom. The molecule has 11 heterocycles. The molecule has 114 heavy (non-hydrogen) atoms. The van der Waals surface area contributed by atoms with Crippen molar-refractivity contribution in [2.75, 3.05) is 102 Å². The molecule has 12 aromatic rings. The van der Waals surface area contributed by atoms with Crippen LogP contribution in [0.2, 0.25) is 0 Å². The van der Waals surface area contributed by atoms with E-state index >= 15 is 0 Å². The molecule has 26 nitrogen and oxygen atoms in total. The molecule has 0 spiro atoms. The second-order valence-corrected chi connectivity index (χ2v) is 30.5. The number of methoxy groups -OCH3 is 1. The Balaban J connectivity index is 0.000000113. The first-order chi connectivity index (χ1) is 55.7. The third kappa shape index (κ3) is 17.2. The highest BCUT2D eigenvalue weighted by Crippen LogP contribution is 2.38. The van der Waals surface area contributed by atoms with Crippen LogP contribution in [0.15, 0.2) is 137 Å². The highest BCUT2D eigenvalue weighted by molar-refractivity contribution is 7.13. The maximum absolute atomic E-state index is 12.1. The van der Waals surface area contributed by atoms with E-state index in [1.54, 1.807) is 33.0 Å². The van der Waals surface area contributed by atoms with Gasteiger partial charge in [-0.1, -0.05) is 74.7 Å². The maximum Gasteiger partial charge on any atom is 0.338 e. The van der Waals surface area contributed by atoms with Gasteiger partial charge in [-0.2, -0.15) is 4.37 Å². The number of pyridine rings is 2. The van der Waals surface area contributed by atoms with E-state index in [0.29, 0.717) is 43.6 Å². The van der Waals surface area contributed by atoms with Crippen LogP contribution in [0.3, 0.4) is 0 Å². The number of nitrogens with one attached hydrogen (secondary N) is 5. The van der Waals surface area contributed by atoms with E-state index in [-0.39, 0.29) is 23.9 Å². The molecular formula is C87H104N18O8S. The molecule has 0 atom stereocenters. The molecule has 4 aromatic carbocycles. The second-order valence-electron chi connectivity index (χ2n) is 29.6. The number of anilines is 3. The molecule has 0 bridgehead atoms. The number of para-hydroxylation sites is 2. The minimum atomic E-state index is -0.376. The average molecular weight is 1560 g/mol. The molecular weight excluding hydrogens is 1460 g/mol. The van der Waals surface area contributed by atoms with Crippen molar-refractivity contribution in [3.05, 3.63) is 183 Å². The number of likely N-dealkylation sites (N-methyl/N-ethyl adjacent to an activating group) is 1. The van der Waals surface area contributed by atoms with E-state index < -0.39 is 0 Å². The number of H-pyrrole nitrogens is 1. The van der Waals surface area contributed by atoms with Crippen molar-refractivity contribution in [1.29, 1.82) is 5.41 Å². The zero-order valence-electron chi connectivity index (χ0n) is 66.7. The molecule has 4 aliphatic carbocycles. The van der Waals surface area contributed by atoms with Gasteiger partial charge in [0, 0.05) is 123 Å². The Labute approximate surface area is 667 Å². The number of aryl methyl sites for hydroxylation is 3. The maximum atomic E-state index is 12.1. The van der Waals surface area contributed by atoms with Crippen molar-refractivity contribution in [3.63, 3.8) is 0 Å². The lowest BCUT2D eigenvalue weighted by Gasteiger charge is -2.34. The number of hydrogen-bond donors (Lipinski definition) is 5. The van der Waals surface area contributed by atoms with Crippen molar-refractivity contribution in [2.45, 2.75) is 150 Å². The van der Waals surface area contributed by atoms with Crippen LogP contribution < -0.4 is 35.8 Å². The Morgan fingerprint density at radius 3 is 2.24 bits per heavy atom. The first-order valence-corrected chi connectivity index (χ1v) is 41.2. The summed E-state index contributed by atoms with van der Waals surface area (Å²) in [5.41, 5.74) is 20.3. The van der Waals surface area contributed by atoms with Gasteiger partial charge in [0.25, 0.3) is 5.91 Å². The van der Waals surface area contributed by atoms with Crippen LogP contribution in [0, 0.1) is 12.3 Å². The summed E-state index contributed by atoms with van der Waals surface area (Å²) in [7, 11) is 5.06. The number of fused-ring (bicyclic) bond motifs is 13. The van der Waals surface area contributed by atoms with E-state index in [2.05, 4.69) is 162 Å². The molecule has 596 valence electrons. The van der Waals surface area contributed by atoms with Crippen LogP contribution in [-0.4, -0.2) is 175 Å². The standard InChI is InChI=1S/C16H21N5.C16H14N2.C15H20N2O2.C14H22N2O3.C13H16N4OS.C13H11N3O2/c1-4-10-20(11-5-2)15-16-19-18-12(3)21(16)14-9-7-6-8-13(14)17-15;1-2-8-18-11-14(10-15(18)3-1)12-4-5-16-13(9-12)6-7-17-16;1-2-19-14(18)9-17-12-7-3-5-10(12)15(16)11-6-4-8-13(11)17;1-3-19-14(18)11-9-16(2)13(17)12(11)15-10-7-5-4-6-8-10;1-14-13(18)17-8-6-16(7-9-17)12-10-4-2-3-5-11(10)19-15-12;1-17-7-2-4-10-9(6-7)8-3-5-11-13(12(8)14-10)16-18-15-11/h6-9H,4-5,10-11H2,1-3H3;1-5,8-11,17H,6-7H2;16H,2-9H2,1H3;10,15H,3-9H2,1-2H3;2-5H,6-9H2,1H3,(H,14,18);2,4,6,14H,3,5H2,1H3. The molecule has 5 N–H and O–H groups in total. The molecule has 1 saturated heterocycles. The van der Waals surface area contributed by atoms with E-state index in [4.69, 9.17) is 29.2 Å². The van der Waals surface area contributed by atoms with Crippen molar-refractivity contribution in [2.24, 2.45) is 0 Å². The molecule has 0 radical (unpaired) electrons. The predicted molar refractivity (Wildman–Crippen MR) is 447 cm³/mol. The number of carbonyl (C=O) groups is 4. The lowest BCUT2D eigenvalue weighted by Crippen LogP contribution is -2.51. The van der Waals surface area contributed by atoms with Gasteiger partial charge in [0.2, 0.25) is 5.65 Å². The summed E-state index contributed by atoms with van der Waals surface area (Å²) in [6, 6.07) is 38.0. The van der Waals surface area contributed by atoms with Crippen LogP contribution in [-0.2, 0) is 75.3 Å². The largest absolute Gasteiger partial charge is 0.497 e. The number of carbonyl (C=O) groups excluding carboxylic acids is 4. The van der Waals surface area contributed by atoms with Crippen molar-refractivity contribution in [3.8, 4) is 28.3 Å². The summed E-state index contributed by atoms with van der Waals surface area (Å²) in [5, 5.41) is 37.4. The van der Waals surface area contributed by atoms with Crippen LogP contribution in [0.25, 0.3) is 65.7 Å². The topological polar surface area (TPSA) is 289 Å². The van der Waals surface area contributed by atoms with Gasteiger partial charge in [-0.15, -0.1) is 10.2 Å². The van der Waals surface area contributed by atoms with E-state index in [0.717, 1.165) is 197 Å². The Morgan fingerprint density at radius 2 is 1.50 bits per heavy atom. The molecule has 3 aliphatic heterocycles. The summed E-state index contributed by atoms with van der Waals surface area (Å²) in [6.45, 7) is 17.6. The Kier molecular flexibility index (Phi) is 25.3. The number of benzene rings is 4. The normalized spacial score (nSPS) is 15.2. The van der Waals surface area contributed by atoms with Crippen molar-refractivity contribution >= 4 is 95.9 Å². The van der Waals surface area contributed by atoms with Gasteiger partial charge in [-0.05, 0) is 222 Å². The van der Waals surface area contributed by atoms with Crippen LogP contribution in [0.4, 0.5) is 22.1 Å². The first-order valence-electron chi connectivity index (χ1n) is 40.4. The number of nitrogens with zero attached hydrogens (tertiary/aromatic N) is 13. The first kappa shape index (κ1) is 79.1. The third-order valence-corrected chi connectivity index (χ3v) is 23.0. The smallest absolute Gasteiger partial charge is 0.338 e. The number of urea groups is 1. The minimum absolute atomic E-state index is 0.00258. The highest BCUT2D eigenvalue weighted by Gasteiger charge is 2.35. The van der Waals surface area contributed by atoms with Gasteiger partial charge < -0.3 is 69.1 Å². The number of aromatic nitrogens is 10. The molecule has 27 heteroatoms. The number of aromatic amines is 1. The molecule has 19 rings (SSSR count). The second kappa shape index (κ2) is 36.5. The fourth-order valence-corrected chi connectivity index (χ4v) is 17.4. The van der Waals surface area contributed by atoms with E-state index in [1.165, 1.54) is 102 Å². The lowest BCUT2D eigenvalue weighted by molar-refractivity contribution is -0.144. The molecule has 2 fully saturated rings. The zero-order chi connectivity index (χ0) is 79.4. The summed E-state index contributed by atoms with van der Waals surface area (Å²) in [4.78, 5) is 63.6. The van der Waals surface area contributed by atoms with Gasteiger partial charge in [-0.3, -0.25) is 14.0 Å². The fourth-order valence-electron chi connectivity index (χ4n) is 16.6. The number of esters is 2. The van der Waals surface area contributed by atoms with Gasteiger partial charge in [0.1, 0.15) is 35.3 Å². The molecule has 1 saturated carbocycles. The fraction of sp³-hybridized carbons (Fsp3) is 0.414. The van der Waals surface area contributed by atoms with Crippen LogP contribution in [0.1, 0.15) is 131 Å². The van der Waals surface area contributed by atoms with E-state index in [9.17, 15) is 19.2 Å². The number of ether oxygens (including phenoxy) is 3. The lowest BCUT2D eigenvalue weighted by atomic mass is 9.95. The van der Waals surface area contributed by atoms with Gasteiger partial charge >= 0.3 is 18.0 Å². The van der Waals surface area contributed by atoms with Gasteiger partial charge in [0.05, 0.1) is 59.2 Å². The predicted octanol–water partition coefficient (Wildman–Crippen LogP) is 13.6. The number of rotatable bonds is 15. The minimum Gasteiger partial charge on any atom is -0.497 e. The third-order valence-electron chi connectivity index (χ3n) is 22.2. The molecule has 8 aromatic heterocycles. The van der Waals surface area contributed by atoms with E-state index in [1.807, 2.05) is 61.2 Å². The molecule has 3 amide bonds. The SMILES string of the molecule is CCCN(CCC)c1nc2ccccc2n2c(C)nnc12.CCOC(=O)C1=C(NC2CCCCC2)C(=O)N(C)C1.CCOC(=O)Cn1c2c(c(=N)c3c1CCC3)CCC2.CNC(=O)N1CCN(c2nsc3ccccc23)CC1.COc1ccc2[nH]c3c(c2c1)CCc1nonc1-3.c1ccn2cc(-c3ccc4c(c3)CCN4)cc2c1. The molecule has 0 unspecified atom stereocenters. The highest BCUT2D eigenvalue weighted by atomic mass is 32.1. The van der Waals surface area contributed by atoms with Crippen LogP contribution >= 0.6 is 11.5 Å². The van der Waals surface area contributed by atoms with Crippen LogP contribution in [0.5, 0.6) is 5.75 Å². The van der Waals surface area contributed by atoms with Gasteiger partial charge in [0.15, 0.2) is 11.5 Å². The summed E-state index contributed by atoms with van der Waals surface area (Å²) < 4.78 is 32.4. The van der Waals surface area contributed by atoms with Crippen molar-refractivity contribution < 1.29 is 38.0 Å². The number of amides is 3. The average Bonchev–Trinajstić information content (AvgIpc) is 1.58. The summed E-state index contributed by atoms with van der Waals surface area (Å²) in [6.07, 6.45) is 21.4. The van der Waals surface area contributed by atoms with Crippen molar-refractivity contribution in [1.82, 2.24) is 68.7 Å². The zero-order valence-corrected chi connectivity index (χ0v) is 67.5. The Bertz CT molecular complexity index is 5460. The quantitative estimate of drug-likeness (QED) is 0.0596. The number of piperazine rings is 1. The summed E-state index contributed by atoms with van der Waals surface area (Å²) >= 11 is 1.53. The summed E-state index contributed by atoms with van der Waals surface area (Å²) in [5.74, 6) is 3.13. The number of hydrogen-bond acceptors (Lipinski definition) is 20. The monoisotopic (exact) mass is 1560 g/mol. The van der Waals surface area contributed by atoms with Gasteiger partial charge in [-0.25, -0.2) is 19.2 Å². The Hall–Kier alpha value is -11.6.